The van der Waals surface area contributed by atoms with Crippen LogP contribution >= 0.6 is 0 Å². The summed E-state index contributed by atoms with van der Waals surface area (Å²) in [5.41, 5.74) is 0.116. The van der Waals surface area contributed by atoms with Crippen molar-refractivity contribution in [1.29, 1.82) is 0 Å². The van der Waals surface area contributed by atoms with E-state index in [2.05, 4.69) is 4.98 Å². The van der Waals surface area contributed by atoms with E-state index in [4.69, 9.17) is 13.7 Å². The van der Waals surface area contributed by atoms with Crippen LogP contribution in [0.15, 0.2) is 11.0 Å². The molecule has 2 aliphatic heterocycles. The molecule has 0 amide bonds. The second kappa shape index (κ2) is 4.54. The predicted molar refractivity (Wildman–Crippen MR) is 67.0 cm³/mol. The normalized spacial score (nSPS) is 28.6. The van der Waals surface area contributed by atoms with Gasteiger partial charge in [0.15, 0.2) is 0 Å². The average molecular weight is 302 g/mol. The second-order valence-electron chi connectivity index (χ2n) is 4.93. The zero-order valence-corrected chi connectivity index (χ0v) is 11.8. The molecule has 110 valence electrons. The molecule has 0 aliphatic carbocycles. The molecule has 1 saturated heterocycles. The average Bonchev–Trinajstić information content (AvgIpc) is 2.62. The van der Waals surface area contributed by atoms with Crippen molar-refractivity contribution in [3.05, 3.63) is 22.1 Å². The predicted octanol–water partition coefficient (Wildman–Crippen LogP) is -0.424. The van der Waals surface area contributed by atoms with Gasteiger partial charge in [-0.1, -0.05) is 0 Å². The highest BCUT2D eigenvalue weighted by atomic mass is 32.2. The molecular formula is C11H14N2O6S. The first-order valence-corrected chi connectivity index (χ1v) is 7.91. The molecule has 9 heteroatoms. The molecule has 1 fully saturated rings. The molecule has 20 heavy (non-hydrogen) atoms. The standard InChI is InChI=1S/C11H14N2O6S/c1-6-4-13-9-3-7(19-20(2,15)16)8(18-9)5-17-11(13)12-10(6)14/h4,7-9H,3,5H2,1-2H3/t7-,8+,9+/m0/s1. The zero-order chi connectivity index (χ0) is 14.5. The molecule has 0 saturated carbocycles. The fraction of sp³-hybridized carbons (Fsp3) is 0.636. The monoisotopic (exact) mass is 302 g/mol. The molecule has 0 radical (unpaired) electrons. The van der Waals surface area contributed by atoms with Crippen LogP contribution in [0, 0.1) is 6.92 Å². The minimum Gasteiger partial charge on any atom is -0.462 e. The van der Waals surface area contributed by atoms with Gasteiger partial charge in [0.25, 0.3) is 15.7 Å². The number of rotatable bonds is 2. The Hall–Kier alpha value is -1.45. The van der Waals surface area contributed by atoms with Gasteiger partial charge >= 0.3 is 6.01 Å². The summed E-state index contributed by atoms with van der Waals surface area (Å²) in [5.74, 6) is 0. The molecule has 0 aromatic carbocycles. The first-order chi connectivity index (χ1) is 9.33. The Morgan fingerprint density at radius 1 is 1.50 bits per heavy atom. The van der Waals surface area contributed by atoms with Gasteiger partial charge in [-0.15, -0.1) is 0 Å². The summed E-state index contributed by atoms with van der Waals surface area (Å²) < 4.78 is 40.2. The van der Waals surface area contributed by atoms with Crippen LogP contribution in [0.2, 0.25) is 0 Å². The number of hydrogen-bond donors (Lipinski definition) is 0. The molecule has 2 aliphatic rings. The zero-order valence-electron chi connectivity index (χ0n) is 11.0. The van der Waals surface area contributed by atoms with E-state index in [1.807, 2.05) is 0 Å². The van der Waals surface area contributed by atoms with Gasteiger partial charge in [-0.2, -0.15) is 13.4 Å². The number of hydrogen-bond acceptors (Lipinski definition) is 7. The van der Waals surface area contributed by atoms with Crippen LogP contribution in [0.25, 0.3) is 0 Å². The van der Waals surface area contributed by atoms with Gasteiger partial charge < -0.3 is 9.47 Å². The van der Waals surface area contributed by atoms with E-state index in [1.165, 1.54) is 0 Å². The van der Waals surface area contributed by atoms with E-state index >= 15 is 0 Å². The first kappa shape index (κ1) is 13.5. The number of fused-ring (bicyclic) bond motifs is 4. The molecule has 2 bridgehead atoms. The molecule has 8 nitrogen and oxygen atoms in total. The van der Waals surface area contributed by atoms with Gasteiger partial charge in [0.2, 0.25) is 0 Å². The van der Waals surface area contributed by atoms with Crippen molar-refractivity contribution in [3.8, 4) is 6.01 Å². The molecule has 3 atom stereocenters. The van der Waals surface area contributed by atoms with Crippen LogP contribution in [-0.4, -0.2) is 43.0 Å². The van der Waals surface area contributed by atoms with E-state index in [9.17, 15) is 13.2 Å². The van der Waals surface area contributed by atoms with Gasteiger partial charge in [-0.25, -0.2) is 0 Å². The molecule has 1 aromatic heterocycles. The van der Waals surface area contributed by atoms with Crippen LogP contribution in [0.3, 0.4) is 0 Å². The third kappa shape index (κ3) is 2.43. The highest BCUT2D eigenvalue weighted by Gasteiger charge is 2.42. The Balaban J connectivity index is 1.93. The Labute approximate surface area is 115 Å². The van der Waals surface area contributed by atoms with Crippen molar-refractivity contribution in [2.24, 2.45) is 0 Å². The number of nitrogens with zero attached hydrogens (tertiary/aromatic N) is 2. The summed E-state index contributed by atoms with van der Waals surface area (Å²) >= 11 is 0. The molecule has 0 unspecified atom stereocenters. The lowest BCUT2D eigenvalue weighted by molar-refractivity contribution is -0.0148. The van der Waals surface area contributed by atoms with Crippen molar-refractivity contribution in [3.63, 3.8) is 0 Å². The number of aromatic nitrogens is 2. The second-order valence-corrected chi connectivity index (χ2v) is 6.53. The van der Waals surface area contributed by atoms with Crippen LogP contribution in [0.5, 0.6) is 6.01 Å². The van der Waals surface area contributed by atoms with Crippen molar-refractivity contribution in [1.82, 2.24) is 9.55 Å². The number of ether oxygens (including phenoxy) is 2. The highest BCUT2D eigenvalue weighted by Crippen LogP contribution is 2.36. The van der Waals surface area contributed by atoms with Crippen molar-refractivity contribution < 1.29 is 22.1 Å². The van der Waals surface area contributed by atoms with Gasteiger partial charge in [-0.3, -0.25) is 13.5 Å². The Morgan fingerprint density at radius 3 is 2.95 bits per heavy atom. The van der Waals surface area contributed by atoms with Crippen LogP contribution < -0.4 is 10.3 Å². The fourth-order valence-corrected chi connectivity index (χ4v) is 3.02. The maximum atomic E-state index is 11.5. The maximum Gasteiger partial charge on any atom is 0.301 e. The minimum atomic E-state index is -3.56. The largest absolute Gasteiger partial charge is 0.462 e. The minimum absolute atomic E-state index is 0.0895. The van der Waals surface area contributed by atoms with Gasteiger partial charge in [0.1, 0.15) is 25.0 Å². The summed E-state index contributed by atoms with van der Waals surface area (Å²) in [4.78, 5) is 15.3. The maximum absolute atomic E-state index is 11.5. The van der Waals surface area contributed by atoms with E-state index in [0.29, 0.717) is 12.0 Å². The van der Waals surface area contributed by atoms with Gasteiger partial charge in [-0.05, 0) is 6.92 Å². The van der Waals surface area contributed by atoms with E-state index < -0.39 is 28.6 Å². The molecular weight excluding hydrogens is 288 g/mol. The summed E-state index contributed by atoms with van der Waals surface area (Å²) in [6.07, 6.45) is 1.41. The van der Waals surface area contributed by atoms with Crippen molar-refractivity contribution in [2.45, 2.75) is 31.8 Å². The van der Waals surface area contributed by atoms with E-state index in [0.717, 1.165) is 6.26 Å². The van der Waals surface area contributed by atoms with Crippen molar-refractivity contribution in [2.75, 3.05) is 12.9 Å². The molecule has 3 heterocycles. The van der Waals surface area contributed by atoms with Crippen molar-refractivity contribution >= 4 is 10.1 Å². The number of aryl methyl sites for hydroxylation is 1. The van der Waals surface area contributed by atoms with Gasteiger partial charge in [0, 0.05) is 18.2 Å². The summed E-state index contributed by atoms with van der Waals surface area (Å²) in [6.45, 7) is 1.73. The van der Waals surface area contributed by atoms with E-state index in [1.54, 1.807) is 17.7 Å². The fourth-order valence-electron chi connectivity index (χ4n) is 2.37. The summed E-state index contributed by atoms with van der Waals surface area (Å²) in [7, 11) is -3.56. The first-order valence-electron chi connectivity index (χ1n) is 6.10. The Kier molecular flexibility index (Phi) is 3.07. The smallest absolute Gasteiger partial charge is 0.301 e. The molecule has 3 rings (SSSR count). The topological polar surface area (TPSA) is 96.7 Å². The molecule has 1 aromatic rings. The molecule has 0 N–H and O–H groups in total. The third-order valence-electron chi connectivity index (χ3n) is 3.25. The third-order valence-corrected chi connectivity index (χ3v) is 3.85. The lowest BCUT2D eigenvalue weighted by Gasteiger charge is -2.19. The summed E-state index contributed by atoms with van der Waals surface area (Å²) in [5, 5.41) is 0. The van der Waals surface area contributed by atoms with Crippen LogP contribution in [0.1, 0.15) is 18.2 Å². The van der Waals surface area contributed by atoms with Crippen LogP contribution in [-0.2, 0) is 19.0 Å². The highest BCUT2D eigenvalue weighted by molar-refractivity contribution is 7.86. The summed E-state index contributed by atoms with van der Waals surface area (Å²) in [6, 6.07) is 0.186. The van der Waals surface area contributed by atoms with E-state index in [-0.39, 0.29) is 18.2 Å². The SMILES string of the molecule is Cc1cn2c(nc1=O)OC[C@H]1O[C@@H]2C[C@@H]1OS(C)(=O)=O. The van der Waals surface area contributed by atoms with Crippen LogP contribution in [0.4, 0.5) is 0 Å². The Morgan fingerprint density at radius 2 is 2.25 bits per heavy atom. The quantitative estimate of drug-likeness (QED) is 0.684. The Bertz CT molecular complexity index is 697. The molecule has 0 spiro atoms. The van der Waals surface area contributed by atoms with Gasteiger partial charge in [0.05, 0.1) is 6.26 Å². The lowest BCUT2D eigenvalue weighted by Crippen LogP contribution is -2.32. The lowest BCUT2D eigenvalue weighted by atomic mass is 10.2.